The molecule has 1 aromatic rings. The van der Waals surface area contributed by atoms with Gasteiger partial charge in [-0.3, -0.25) is 4.90 Å². The van der Waals surface area contributed by atoms with Gasteiger partial charge in [0.2, 0.25) is 0 Å². The fourth-order valence-electron chi connectivity index (χ4n) is 5.60. The maximum atomic E-state index is 6.48. The van der Waals surface area contributed by atoms with Gasteiger partial charge < -0.3 is 9.47 Å². The highest BCUT2D eigenvalue weighted by molar-refractivity contribution is 5.73. The van der Waals surface area contributed by atoms with Crippen molar-refractivity contribution >= 4 is 6.08 Å². The summed E-state index contributed by atoms with van der Waals surface area (Å²) in [7, 11) is 4.03. The van der Waals surface area contributed by atoms with Crippen LogP contribution < -0.4 is 9.47 Å². The second kappa shape index (κ2) is 3.64. The zero-order valence-corrected chi connectivity index (χ0v) is 12.7. The molecule has 1 saturated carbocycles. The zero-order chi connectivity index (χ0) is 14.2. The minimum atomic E-state index is 0.147. The average Bonchev–Trinajstić information content (AvgIpc) is 3.01. The molecule has 0 N–H and O–H groups in total. The Hall–Kier alpha value is -1.48. The molecule has 1 spiro atoms. The Morgan fingerprint density at radius 3 is 3.10 bits per heavy atom. The van der Waals surface area contributed by atoms with Crippen LogP contribution in [0.25, 0.3) is 6.08 Å². The van der Waals surface area contributed by atoms with E-state index in [-0.39, 0.29) is 11.0 Å². The largest absolute Gasteiger partial charge is 0.493 e. The summed E-state index contributed by atoms with van der Waals surface area (Å²) in [5, 5.41) is 0. The second-order valence-corrected chi connectivity index (χ2v) is 6.96. The summed E-state index contributed by atoms with van der Waals surface area (Å²) >= 11 is 0. The Labute approximate surface area is 125 Å². The monoisotopic (exact) mass is 283 g/mol. The summed E-state index contributed by atoms with van der Waals surface area (Å²) in [5.41, 5.74) is 3.06. The van der Waals surface area contributed by atoms with Crippen LogP contribution in [0.2, 0.25) is 0 Å². The van der Waals surface area contributed by atoms with Crippen molar-refractivity contribution in [1.82, 2.24) is 4.90 Å². The fourth-order valence-corrected chi connectivity index (χ4v) is 5.60. The van der Waals surface area contributed by atoms with Crippen molar-refractivity contribution in [3.05, 3.63) is 29.3 Å². The van der Waals surface area contributed by atoms with E-state index < -0.39 is 0 Å². The molecule has 1 unspecified atom stereocenters. The normalized spacial score (nSPS) is 38.9. The minimum Gasteiger partial charge on any atom is -0.493 e. The van der Waals surface area contributed by atoms with Gasteiger partial charge in [-0.15, -0.1) is 0 Å². The SMILES string of the molecule is COc1ccc2c3c1O[C@H]1CCCC4(C=C2)N(C)CC[C@]314. The van der Waals surface area contributed by atoms with Crippen molar-refractivity contribution in [1.29, 1.82) is 0 Å². The molecule has 0 radical (unpaired) electrons. The first kappa shape index (κ1) is 12.1. The van der Waals surface area contributed by atoms with Gasteiger partial charge in [-0.05, 0) is 50.9 Å². The Morgan fingerprint density at radius 2 is 2.24 bits per heavy atom. The number of methoxy groups -OCH3 is 1. The molecule has 2 heterocycles. The van der Waals surface area contributed by atoms with Crippen LogP contribution in [0.15, 0.2) is 18.2 Å². The van der Waals surface area contributed by atoms with Crippen molar-refractivity contribution in [2.24, 2.45) is 0 Å². The van der Waals surface area contributed by atoms with E-state index in [0.29, 0.717) is 6.10 Å². The molecule has 4 aliphatic rings. The molecule has 2 aliphatic heterocycles. The van der Waals surface area contributed by atoms with Crippen LogP contribution in [0.1, 0.15) is 36.8 Å². The van der Waals surface area contributed by atoms with Gasteiger partial charge in [-0.1, -0.05) is 18.2 Å². The van der Waals surface area contributed by atoms with Gasteiger partial charge in [-0.2, -0.15) is 0 Å². The van der Waals surface area contributed by atoms with Crippen LogP contribution in [0.4, 0.5) is 0 Å². The molecular formula is C18H21NO2. The van der Waals surface area contributed by atoms with Gasteiger partial charge in [0.1, 0.15) is 6.10 Å². The van der Waals surface area contributed by atoms with E-state index in [0.717, 1.165) is 18.0 Å². The summed E-state index contributed by atoms with van der Waals surface area (Å²) in [6, 6.07) is 4.25. The van der Waals surface area contributed by atoms with E-state index in [1.165, 1.54) is 36.8 Å². The molecule has 5 rings (SSSR count). The molecular weight excluding hydrogens is 262 g/mol. The first-order chi connectivity index (χ1) is 10.2. The number of hydrogen-bond donors (Lipinski definition) is 0. The third kappa shape index (κ3) is 1.11. The van der Waals surface area contributed by atoms with E-state index in [4.69, 9.17) is 9.47 Å². The van der Waals surface area contributed by atoms with E-state index in [1.54, 1.807) is 7.11 Å². The maximum absolute atomic E-state index is 6.48. The molecule has 3 atom stereocenters. The lowest BCUT2D eigenvalue weighted by Crippen LogP contribution is -2.61. The highest BCUT2D eigenvalue weighted by Gasteiger charge is 2.68. The van der Waals surface area contributed by atoms with Gasteiger partial charge in [-0.25, -0.2) is 0 Å². The average molecular weight is 283 g/mol. The minimum absolute atomic E-state index is 0.147. The fraction of sp³-hybridized carbons (Fsp3) is 0.556. The maximum Gasteiger partial charge on any atom is 0.166 e. The Kier molecular flexibility index (Phi) is 2.10. The summed E-state index contributed by atoms with van der Waals surface area (Å²) in [4.78, 5) is 2.57. The molecule has 2 fully saturated rings. The number of likely N-dealkylation sites (N-methyl/N-ethyl adjacent to an activating group) is 1. The van der Waals surface area contributed by atoms with E-state index in [9.17, 15) is 0 Å². The summed E-state index contributed by atoms with van der Waals surface area (Å²) in [6.07, 6.45) is 9.95. The molecule has 3 heteroatoms. The summed E-state index contributed by atoms with van der Waals surface area (Å²) in [6.45, 7) is 1.15. The summed E-state index contributed by atoms with van der Waals surface area (Å²) in [5.74, 6) is 1.92. The number of rotatable bonds is 1. The van der Waals surface area contributed by atoms with Crippen molar-refractivity contribution in [2.45, 2.75) is 42.7 Å². The lowest BCUT2D eigenvalue weighted by atomic mass is 9.55. The van der Waals surface area contributed by atoms with Crippen LogP contribution in [0, 0.1) is 0 Å². The van der Waals surface area contributed by atoms with Crippen molar-refractivity contribution in [3.63, 3.8) is 0 Å². The van der Waals surface area contributed by atoms with Crippen LogP contribution in [-0.4, -0.2) is 37.2 Å². The molecule has 0 amide bonds. The van der Waals surface area contributed by atoms with Crippen LogP contribution in [0.3, 0.4) is 0 Å². The number of hydrogen-bond acceptors (Lipinski definition) is 3. The van der Waals surface area contributed by atoms with Crippen LogP contribution in [0.5, 0.6) is 11.5 Å². The second-order valence-electron chi connectivity index (χ2n) is 6.96. The van der Waals surface area contributed by atoms with Gasteiger partial charge in [0.25, 0.3) is 0 Å². The Morgan fingerprint density at radius 1 is 1.33 bits per heavy atom. The topological polar surface area (TPSA) is 21.7 Å². The molecule has 3 nitrogen and oxygen atoms in total. The quantitative estimate of drug-likeness (QED) is 0.791. The van der Waals surface area contributed by atoms with Gasteiger partial charge >= 0.3 is 0 Å². The highest BCUT2D eigenvalue weighted by Crippen LogP contribution is 2.66. The van der Waals surface area contributed by atoms with Crippen molar-refractivity contribution in [3.8, 4) is 11.5 Å². The number of ether oxygens (including phenoxy) is 2. The number of benzene rings is 1. The molecule has 2 aliphatic carbocycles. The first-order valence-corrected chi connectivity index (χ1v) is 8.01. The molecule has 1 aromatic carbocycles. The van der Waals surface area contributed by atoms with E-state index in [1.807, 2.05) is 0 Å². The molecule has 21 heavy (non-hydrogen) atoms. The van der Waals surface area contributed by atoms with Gasteiger partial charge in [0.15, 0.2) is 11.5 Å². The van der Waals surface area contributed by atoms with Crippen molar-refractivity contribution in [2.75, 3.05) is 20.7 Å². The number of nitrogens with zero attached hydrogens (tertiary/aromatic N) is 1. The molecule has 0 bridgehead atoms. The Bertz CT molecular complexity index is 667. The number of likely N-dealkylation sites (tertiary alicyclic amines) is 1. The van der Waals surface area contributed by atoms with Crippen molar-refractivity contribution < 1.29 is 9.47 Å². The predicted molar refractivity (Wildman–Crippen MR) is 82.0 cm³/mol. The van der Waals surface area contributed by atoms with Crippen LogP contribution in [-0.2, 0) is 5.41 Å². The highest BCUT2D eigenvalue weighted by atomic mass is 16.5. The van der Waals surface area contributed by atoms with Crippen LogP contribution >= 0.6 is 0 Å². The van der Waals surface area contributed by atoms with Gasteiger partial charge in [0, 0.05) is 5.56 Å². The van der Waals surface area contributed by atoms with Gasteiger partial charge in [0.05, 0.1) is 18.1 Å². The predicted octanol–water partition coefficient (Wildman–Crippen LogP) is 2.98. The Balaban J connectivity index is 1.87. The first-order valence-electron chi connectivity index (χ1n) is 8.01. The van der Waals surface area contributed by atoms with E-state index in [2.05, 4.69) is 36.2 Å². The van der Waals surface area contributed by atoms with E-state index >= 15 is 0 Å². The molecule has 110 valence electrons. The molecule has 0 aromatic heterocycles. The smallest absolute Gasteiger partial charge is 0.166 e. The standard InChI is InChI=1S/C18H21NO2/c1-19-11-10-18-14-4-3-8-17(18,19)9-7-12-5-6-13(20-2)16(21-14)15(12)18/h5-7,9,14H,3-4,8,10-11H2,1-2H3/t14-,17?,18+/m0/s1. The lowest BCUT2D eigenvalue weighted by Gasteiger charge is -2.52. The zero-order valence-electron chi connectivity index (χ0n) is 12.7. The third-order valence-electron chi connectivity index (χ3n) is 6.49. The third-order valence-corrected chi connectivity index (χ3v) is 6.49. The lowest BCUT2D eigenvalue weighted by molar-refractivity contribution is 0.0254. The molecule has 1 saturated heterocycles. The summed E-state index contributed by atoms with van der Waals surface area (Å²) < 4.78 is 12.1.